The highest BCUT2D eigenvalue weighted by atomic mass is 16.6. The lowest BCUT2D eigenvalue weighted by Gasteiger charge is -2.19. The van der Waals surface area contributed by atoms with E-state index in [2.05, 4.69) is 16.6 Å². The third-order valence-corrected chi connectivity index (χ3v) is 1.07. The number of ether oxygens (including phenoxy) is 2. The van der Waals surface area contributed by atoms with Crippen molar-refractivity contribution in [3.63, 3.8) is 0 Å². The smallest absolute Gasteiger partial charge is 0.408 e. The van der Waals surface area contributed by atoms with Crippen molar-refractivity contribution >= 4 is 12.1 Å². The summed E-state index contributed by atoms with van der Waals surface area (Å²) in [6.45, 7) is 8.76. The van der Waals surface area contributed by atoms with E-state index in [4.69, 9.17) is 9.84 Å². The third-order valence-electron chi connectivity index (χ3n) is 1.07. The highest BCUT2D eigenvalue weighted by Gasteiger charge is 2.15. The molecule has 0 aliphatic rings. The maximum Gasteiger partial charge on any atom is 0.408 e. The van der Waals surface area contributed by atoms with Crippen LogP contribution in [0.2, 0.25) is 0 Å². The Hall–Kier alpha value is -1.56. The minimum Gasteiger partial charge on any atom is -0.480 e. The van der Waals surface area contributed by atoms with Gasteiger partial charge in [0.05, 0.1) is 6.61 Å². The van der Waals surface area contributed by atoms with Crippen LogP contribution in [0.1, 0.15) is 20.8 Å². The van der Waals surface area contributed by atoms with Crippen LogP contribution < -0.4 is 5.32 Å². The van der Waals surface area contributed by atoms with Gasteiger partial charge in [-0.15, -0.1) is 6.58 Å². The molecule has 0 bridgehead atoms. The summed E-state index contributed by atoms with van der Waals surface area (Å²) >= 11 is 0. The molecule has 0 aromatic heterocycles. The standard InChI is InChI=1S/C7H13NO4.C4H8O/c1-7(2,3)12-6(11)8-4-5(9)10;1-3-4-5-2/h4H2,1-3H3,(H,8,11)(H,9,10);3H,1,4H2,2H3. The molecule has 0 fully saturated rings. The Bertz CT molecular complexity index is 245. The van der Waals surface area contributed by atoms with Gasteiger partial charge >= 0.3 is 12.1 Å². The number of aliphatic carboxylic acids is 1. The molecule has 2 N–H and O–H groups in total. The van der Waals surface area contributed by atoms with Crippen LogP contribution in [0.25, 0.3) is 0 Å². The zero-order valence-corrected chi connectivity index (χ0v) is 10.8. The number of carboxylic acid groups (broad SMARTS) is 1. The summed E-state index contributed by atoms with van der Waals surface area (Å²) in [6, 6.07) is 0. The average Bonchev–Trinajstić information content (AvgIpc) is 2.14. The SMILES string of the molecule is C=CCOC.CC(C)(C)OC(=O)NCC(=O)O. The van der Waals surface area contributed by atoms with Crippen molar-refractivity contribution < 1.29 is 24.2 Å². The second-order valence-electron chi connectivity index (χ2n) is 3.99. The van der Waals surface area contributed by atoms with Crippen LogP contribution >= 0.6 is 0 Å². The fourth-order valence-corrected chi connectivity index (χ4v) is 0.580. The van der Waals surface area contributed by atoms with Crippen molar-refractivity contribution in [1.82, 2.24) is 5.32 Å². The maximum atomic E-state index is 10.8. The number of amides is 1. The number of alkyl carbamates (subject to hydrolysis) is 1. The maximum absolute atomic E-state index is 10.8. The summed E-state index contributed by atoms with van der Waals surface area (Å²) in [5.41, 5.74) is -0.595. The van der Waals surface area contributed by atoms with Crippen LogP contribution in [0.4, 0.5) is 4.79 Å². The Kier molecular flexibility index (Phi) is 10.1. The summed E-state index contributed by atoms with van der Waals surface area (Å²) in [5, 5.41) is 10.3. The van der Waals surface area contributed by atoms with Gasteiger partial charge in [0.2, 0.25) is 0 Å². The van der Waals surface area contributed by atoms with Crippen LogP contribution in [0.15, 0.2) is 12.7 Å². The van der Waals surface area contributed by atoms with E-state index in [1.807, 2.05) is 0 Å². The van der Waals surface area contributed by atoms with Crippen molar-refractivity contribution in [2.24, 2.45) is 0 Å². The molecular weight excluding hydrogens is 226 g/mol. The Morgan fingerprint density at radius 3 is 2.18 bits per heavy atom. The van der Waals surface area contributed by atoms with Gasteiger partial charge in [-0.2, -0.15) is 0 Å². The molecule has 0 atom stereocenters. The van der Waals surface area contributed by atoms with Crippen LogP contribution in [0.3, 0.4) is 0 Å². The molecule has 0 aliphatic heterocycles. The van der Waals surface area contributed by atoms with Crippen molar-refractivity contribution in [3.05, 3.63) is 12.7 Å². The molecular formula is C11H21NO5. The monoisotopic (exact) mass is 247 g/mol. The molecule has 6 heteroatoms. The summed E-state index contributed by atoms with van der Waals surface area (Å²) in [4.78, 5) is 20.8. The number of methoxy groups -OCH3 is 1. The summed E-state index contributed by atoms with van der Waals surface area (Å²) in [6.07, 6.45) is 0.991. The number of hydrogen-bond acceptors (Lipinski definition) is 4. The van der Waals surface area contributed by atoms with Gasteiger partial charge in [-0.1, -0.05) is 6.08 Å². The van der Waals surface area contributed by atoms with Gasteiger partial charge in [0.25, 0.3) is 0 Å². The molecule has 100 valence electrons. The van der Waals surface area contributed by atoms with E-state index < -0.39 is 24.2 Å². The first-order chi connectivity index (χ1) is 7.72. The minimum absolute atomic E-state index is 0.422. The lowest BCUT2D eigenvalue weighted by atomic mass is 10.2. The number of rotatable bonds is 4. The van der Waals surface area contributed by atoms with E-state index in [1.165, 1.54) is 0 Å². The molecule has 1 amide bonds. The number of carbonyl (C=O) groups is 2. The Labute approximate surface area is 102 Å². The zero-order chi connectivity index (χ0) is 13.9. The summed E-state index contributed by atoms with van der Waals surface area (Å²) in [7, 11) is 1.64. The number of hydrogen-bond donors (Lipinski definition) is 2. The molecule has 0 saturated heterocycles. The van der Waals surface area contributed by atoms with Crippen molar-refractivity contribution in [2.75, 3.05) is 20.3 Å². The molecule has 17 heavy (non-hydrogen) atoms. The fourth-order valence-electron chi connectivity index (χ4n) is 0.580. The first kappa shape index (κ1) is 17.8. The number of nitrogens with one attached hydrogen (secondary N) is 1. The van der Waals surface area contributed by atoms with Gasteiger partial charge in [0.15, 0.2) is 0 Å². The molecule has 0 unspecified atom stereocenters. The minimum atomic E-state index is -1.10. The lowest BCUT2D eigenvalue weighted by molar-refractivity contribution is -0.136. The Morgan fingerprint density at radius 2 is 1.94 bits per heavy atom. The van der Waals surface area contributed by atoms with E-state index in [0.29, 0.717) is 6.61 Å². The zero-order valence-electron chi connectivity index (χ0n) is 10.8. The van der Waals surface area contributed by atoms with Gasteiger partial charge in [-0.05, 0) is 20.8 Å². The van der Waals surface area contributed by atoms with Crippen molar-refractivity contribution in [2.45, 2.75) is 26.4 Å². The lowest BCUT2D eigenvalue weighted by Crippen LogP contribution is -2.35. The molecule has 0 aliphatic carbocycles. The van der Waals surface area contributed by atoms with Gasteiger partial charge in [-0.25, -0.2) is 4.79 Å². The summed E-state index contributed by atoms with van der Waals surface area (Å²) in [5.74, 6) is -1.10. The van der Waals surface area contributed by atoms with E-state index in [1.54, 1.807) is 34.0 Å². The first-order valence-corrected chi connectivity index (χ1v) is 5.01. The van der Waals surface area contributed by atoms with Crippen LogP contribution in [-0.2, 0) is 14.3 Å². The molecule has 0 aromatic rings. The fraction of sp³-hybridized carbons (Fsp3) is 0.636. The van der Waals surface area contributed by atoms with Crippen LogP contribution in [-0.4, -0.2) is 43.0 Å². The van der Waals surface area contributed by atoms with E-state index in [-0.39, 0.29) is 0 Å². The first-order valence-electron chi connectivity index (χ1n) is 5.01. The highest BCUT2D eigenvalue weighted by molar-refractivity contribution is 5.76. The molecule has 0 aromatic carbocycles. The number of carboxylic acids is 1. The average molecular weight is 247 g/mol. The molecule has 0 saturated carbocycles. The van der Waals surface area contributed by atoms with Crippen molar-refractivity contribution in [3.8, 4) is 0 Å². The molecule has 0 rings (SSSR count). The second-order valence-corrected chi connectivity index (χ2v) is 3.99. The predicted octanol–water partition coefficient (Wildman–Crippen LogP) is 1.41. The molecule has 6 nitrogen and oxygen atoms in total. The van der Waals surface area contributed by atoms with E-state index in [9.17, 15) is 9.59 Å². The van der Waals surface area contributed by atoms with Crippen LogP contribution in [0.5, 0.6) is 0 Å². The number of carbonyl (C=O) groups excluding carboxylic acids is 1. The quantitative estimate of drug-likeness (QED) is 0.734. The van der Waals surface area contributed by atoms with Crippen molar-refractivity contribution in [1.29, 1.82) is 0 Å². The van der Waals surface area contributed by atoms with Gasteiger partial charge in [0, 0.05) is 7.11 Å². The summed E-state index contributed by atoms with van der Waals surface area (Å²) < 4.78 is 9.35. The Morgan fingerprint density at radius 1 is 1.41 bits per heavy atom. The largest absolute Gasteiger partial charge is 0.480 e. The molecule has 0 spiro atoms. The predicted molar refractivity (Wildman–Crippen MR) is 63.9 cm³/mol. The molecule has 0 heterocycles. The van der Waals surface area contributed by atoms with Gasteiger partial charge < -0.3 is 19.9 Å². The normalized spacial score (nSPS) is 9.65. The topological polar surface area (TPSA) is 84.9 Å². The second kappa shape index (κ2) is 9.65. The van der Waals surface area contributed by atoms with E-state index >= 15 is 0 Å². The van der Waals surface area contributed by atoms with Gasteiger partial charge in [0.1, 0.15) is 12.1 Å². The van der Waals surface area contributed by atoms with Gasteiger partial charge in [-0.3, -0.25) is 4.79 Å². The van der Waals surface area contributed by atoms with E-state index in [0.717, 1.165) is 0 Å². The molecule has 0 radical (unpaired) electrons. The third kappa shape index (κ3) is 20.5. The van der Waals surface area contributed by atoms with Crippen LogP contribution in [0, 0.1) is 0 Å². The Balaban J connectivity index is 0. The highest BCUT2D eigenvalue weighted by Crippen LogP contribution is 2.05.